The van der Waals surface area contributed by atoms with Gasteiger partial charge in [0.1, 0.15) is 0 Å². The fourth-order valence-electron chi connectivity index (χ4n) is 1.01. The maximum Gasteiger partial charge on any atom is 0.0479 e. The fourth-order valence-corrected chi connectivity index (χ4v) is 1.21. The molecule has 1 nitrogen and oxygen atoms in total. The molecule has 0 unspecified atom stereocenters. The molecule has 0 aromatic heterocycles. The van der Waals surface area contributed by atoms with Crippen molar-refractivity contribution in [1.29, 1.82) is 0 Å². The zero-order valence-corrected chi connectivity index (χ0v) is 7.86. The predicted octanol–water partition coefficient (Wildman–Crippen LogP) is 3.41. The molecule has 0 amide bonds. The van der Waals surface area contributed by atoms with Gasteiger partial charge in [0.25, 0.3) is 0 Å². The standard InChI is InChI=1S/C10H12ClN/c1-3-8-7-9(12-4-2)5-6-10(8)11/h3,5-7,12H,1,4H2,2H3. The van der Waals surface area contributed by atoms with E-state index >= 15 is 0 Å². The Hall–Kier alpha value is -0.950. The molecule has 0 fully saturated rings. The van der Waals surface area contributed by atoms with Crippen molar-refractivity contribution in [2.24, 2.45) is 0 Å². The van der Waals surface area contributed by atoms with E-state index in [1.54, 1.807) is 6.08 Å². The van der Waals surface area contributed by atoms with Crippen LogP contribution in [0.1, 0.15) is 12.5 Å². The normalized spacial score (nSPS) is 9.50. The predicted molar refractivity (Wildman–Crippen MR) is 55.7 cm³/mol. The Morgan fingerprint density at radius 3 is 2.92 bits per heavy atom. The van der Waals surface area contributed by atoms with Gasteiger partial charge < -0.3 is 5.32 Å². The van der Waals surface area contributed by atoms with Crippen molar-refractivity contribution in [3.63, 3.8) is 0 Å². The number of anilines is 1. The molecule has 0 saturated heterocycles. The third-order valence-corrected chi connectivity index (χ3v) is 1.94. The summed E-state index contributed by atoms with van der Waals surface area (Å²) in [6, 6.07) is 5.81. The van der Waals surface area contributed by atoms with Crippen LogP contribution in [0, 0.1) is 0 Å². The number of nitrogens with one attached hydrogen (secondary N) is 1. The summed E-state index contributed by atoms with van der Waals surface area (Å²) in [6.45, 7) is 6.65. The molecule has 1 rings (SSSR count). The van der Waals surface area contributed by atoms with Gasteiger partial charge in [0.05, 0.1) is 0 Å². The van der Waals surface area contributed by atoms with Crippen LogP contribution in [0.15, 0.2) is 24.8 Å². The highest BCUT2D eigenvalue weighted by Crippen LogP contribution is 2.21. The molecule has 0 radical (unpaired) electrons. The van der Waals surface area contributed by atoms with Crippen molar-refractivity contribution in [1.82, 2.24) is 0 Å². The van der Waals surface area contributed by atoms with Crippen LogP contribution in [0.3, 0.4) is 0 Å². The van der Waals surface area contributed by atoms with Crippen LogP contribution in [-0.4, -0.2) is 6.54 Å². The number of halogens is 1. The van der Waals surface area contributed by atoms with Crippen LogP contribution in [-0.2, 0) is 0 Å². The Kier molecular flexibility index (Phi) is 3.18. The van der Waals surface area contributed by atoms with Gasteiger partial charge in [0, 0.05) is 17.3 Å². The highest BCUT2D eigenvalue weighted by Gasteiger charge is 1.96. The van der Waals surface area contributed by atoms with Crippen molar-refractivity contribution >= 4 is 23.4 Å². The SMILES string of the molecule is C=Cc1cc(NCC)ccc1Cl. The minimum Gasteiger partial charge on any atom is -0.385 e. The lowest BCUT2D eigenvalue weighted by atomic mass is 10.2. The van der Waals surface area contributed by atoms with E-state index in [-0.39, 0.29) is 0 Å². The summed E-state index contributed by atoms with van der Waals surface area (Å²) >= 11 is 5.90. The van der Waals surface area contributed by atoms with Crippen molar-refractivity contribution in [3.05, 3.63) is 35.4 Å². The van der Waals surface area contributed by atoms with Gasteiger partial charge in [-0.1, -0.05) is 24.3 Å². The molecule has 1 aromatic carbocycles. The summed E-state index contributed by atoms with van der Waals surface area (Å²) < 4.78 is 0. The van der Waals surface area contributed by atoms with Crippen LogP contribution in [0.4, 0.5) is 5.69 Å². The maximum atomic E-state index is 5.90. The minimum atomic E-state index is 0.742. The second kappa shape index (κ2) is 4.17. The first-order chi connectivity index (χ1) is 5.77. The summed E-state index contributed by atoms with van der Waals surface area (Å²) in [5, 5.41) is 3.95. The van der Waals surface area contributed by atoms with Crippen molar-refractivity contribution in [2.75, 3.05) is 11.9 Å². The zero-order valence-electron chi connectivity index (χ0n) is 7.10. The molecule has 1 N–H and O–H groups in total. The van der Waals surface area contributed by atoms with Crippen LogP contribution in [0.25, 0.3) is 6.08 Å². The second-order valence-corrected chi connectivity index (χ2v) is 2.88. The van der Waals surface area contributed by atoms with Crippen LogP contribution >= 0.6 is 11.6 Å². The Bertz CT molecular complexity index is 281. The van der Waals surface area contributed by atoms with Gasteiger partial charge in [-0.25, -0.2) is 0 Å². The largest absolute Gasteiger partial charge is 0.385 e. The van der Waals surface area contributed by atoms with E-state index in [0.29, 0.717) is 0 Å². The quantitative estimate of drug-likeness (QED) is 0.754. The van der Waals surface area contributed by atoms with E-state index in [2.05, 4.69) is 18.8 Å². The van der Waals surface area contributed by atoms with E-state index in [0.717, 1.165) is 22.8 Å². The fraction of sp³-hybridized carbons (Fsp3) is 0.200. The topological polar surface area (TPSA) is 12.0 Å². The molecule has 0 aliphatic rings. The molecular weight excluding hydrogens is 170 g/mol. The molecule has 0 aliphatic heterocycles. The van der Waals surface area contributed by atoms with Gasteiger partial charge in [-0.2, -0.15) is 0 Å². The summed E-state index contributed by atoms with van der Waals surface area (Å²) in [5.41, 5.74) is 2.05. The van der Waals surface area contributed by atoms with Crippen molar-refractivity contribution in [3.8, 4) is 0 Å². The number of hydrogen-bond donors (Lipinski definition) is 1. The highest BCUT2D eigenvalue weighted by atomic mass is 35.5. The molecule has 64 valence electrons. The number of rotatable bonds is 3. The lowest BCUT2D eigenvalue weighted by molar-refractivity contribution is 1.21. The Morgan fingerprint density at radius 2 is 2.33 bits per heavy atom. The first kappa shape index (κ1) is 9.14. The number of benzene rings is 1. The van der Waals surface area contributed by atoms with Gasteiger partial charge in [0.15, 0.2) is 0 Å². The maximum absolute atomic E-state index is 5.90. The van der Waals surface area contributed by atoms with Gasteiger partial charge >= 0.3 is 0 Å². The molecular formula is C10H12ClN. The lowest BCUT2D eigenvalue weighted by Gasteiger charge is -2.04. The van der Waals surface area contributed by atoms with Crippen molar-refractivity contribution < 1.29 is 0 Å². The molecule has 0 atom stereocenters. The number of hydrogen-bond acceptors (Lipinski definition) is 1. The molecule has 2 heteroatoms. The van der Waals surface area contributed by atoms with E-state index < -0.39 is 0 Å². The van der Waals surface area contributed by atoms with Gasteiger partial charge in [-0.15, -0.1) is 0 Å². The van der Waals surface area contributed by atoms with E-state index in [1.807, 2.05) is 18.2 Å². The Labute approximate surface area is 78.1 Å². The first-order valence-corrected chi connectivity index (χ1v) is 4.31. The average molecular weight is 182 g/mol. The van der Waals surface area contributed by atoms with Gasteiger partial charge in [0.2, 0.25) is 0 Å². The third kappa shape index (κ3) is 2.02. The van der Waals surface area contributed by atoms with Gasteiger partial charge in [-0.3, -0.25) is 0 Å². The monoisotopic (exact) mass is 181 g/mol. The Morgan fingerprint density at radius 1 is 1.58 bits per heavy atom. The summed E-state index contributed by atoms with van der Waals surface area (Å²) in [5.74, 6) is 0. The first-order valence-electron chi connectivity index (χ1n) is 3.93. The minimum absolute atomic E-state index is 0.742. The summed E-state index contributed by atoms with van der Waals surface area (Å²) in [6.07, 6.45) is 1.75. The lowest BCUT2D eigenvalue weighted by Crippen LogP contribution is -1.96. The third-order valence-electron chi connectivity index (χ3n) is 1.60. The van der Waals surface area contributed by atoms with Crippen molar-refractivity contribution in [2.45, 2.75) is 6.92 Å². The van der Waals surface area contributed by atoms with Gasteiger partial charge in [-0.05, 0) is 30.7 Å². The molecule has 0 saturated carbocycles. The van der Waals surface area contributed by atoms with E-state index in [9.17, 15) is 0 Å². The molecule has 1 aromatic rings. The van der Waals surface area contributed by atoms with Crippen LogP contribution in [0.5, 0.6) is 0 Å². The van der Waals surface area contributed by atoms with E-state index in [1.165, 1.54) is 0 Å². The van der Waals surface area contributed by atoms with Crippen LogP contribution in [0.2, 0.25) is 5.02 Å². The zero-order chi connectivity index (χ0) is 8.97. The highest BCUT2D eigenvalue weighted by molar-refractivity contribution is 6.32. The molecule has 0 aliphatic carbocycles. The summed E-state index contributed by atoms with van der Waals surface area (Å²) in [7, 11) is 0. The smallest absolute Gasteiger partial charge is 0.0479 e. The van der Waals surface area contributed by atoms with Crippen LogP contribution < -0.4 is 5.32 Å². The second-order valence-electron chi connectivity index (χ2n) is 2.47. The molecule has 0 bridgehead atoms. The molecule has 0 spiro atoms. The average Bonchev–Trinajstić information content (AvgIpc) is 2.09. The molecule has 12 heavy (non-hydrogen) atoms. The van der Waals surface area contributed by atoms with E-state index in [4.69, 9.17) is 11.6 Å². The molecule has 0 heterocycles. The Balaban J connectivity index is 2.96. The summed E-state index contributed by atoms with van der Waals surface area (Å²) in [4.78, 5) is 0.